The highest BCUT2D eigenvalue weighted by Gasteiger charge is 2.42. The molecule has 1 atom stereocenters. The third-order valence-electron chi connectivity index (χ3n) is 4.77. The molecule has 0 aromatic heterocycles. The number of fused-ring (bicyclic) bond motifs is 1. The molecule has 0 radical (unpaired) electrons. The molecule has 1 fully saturated rings. The fraction of sp³-hybridized carbons (Fsp3) is 0.286. The summed E-state index contributed by atoms with van der Waals surface area (Å²) in [4.78, 5) is 15.0. The summed E-state index contributed by atoms with van der Waals surface area (Å²) in [6, 6.07) is 11.4. The summed E-state index contributed by atoms with van der Waals surface area (Å²) in [5.41, 5.74) is 2.33. The van der Waals surface area contributed by atoms with E-state index in [0.717, 1.165) is 24.1 Å². The van der Waals surface area contributed by atoms with Crippen molar-refractivity contribution in [2.75, 3.05) is 19.0 Å². The van der Waals surface area contributed by atoms with Crippen LogP contribution < -0.4 is 14.8 Å². The normalized spacial score (nSPS) is 18.3. The second-order valence-electron chi connectivity index (χ2n) is 6.56. The number of ether oxygens (including phenoxy) is 2. The maximum absolute atomic E-state index is 13.1. The molecular formula is C21H19ClN2O3. The van der Waals surface area contributed by atoms with E-state index in [1.165, 1.54) is 0 Å². The Morgan fingerprint density at radius 3 is 2.81 bits per heavy atom. The molecule has 1 saturated carbocycles. The minimum absolute atomic E-state index is 0.0274. The van der Waals surface area contributed by atoms with E-state index in [-0.39, 0.29) is 24.7 Å². The first-order valence-corrected chi connectivity index (χ1v) is 9.13. The second-order valence-corrected chi connectivity index (χ2v) is 6.97. The minimum Gasteiger partial charge on any atom is -0.493 e. The van der Waals surface area contributed by atoms with Gasteiger partial charge in [0.1, 0.15) is 12.8 Å². The van der Waals surface area contributed by atoms with Crippen molar-refractivity contribution in [1.29, 1.82) is 0 Å². The van der Waals surface area contributed by atoms with E-state index in [0.29, 0.717) is 22.1 Å². The molecule has 2 aromatic carbocycles. The van der Waals surface area contributed by atoms with Gasteiger partial charge in [-0.15, -0.1) is 6.42 Å². The second kappa shape index (κ2) is 7.05. The molecule has 1 N–H and O–H groups in total. The number of anilines is 1. The Morgan fingerprint density at radius 1 is 1.33 bits per heavy atom. The highest BCUT2D eigenvalue weighted by molar-refractivity contribution is 6.32. The Morgan fingerprint density at radius 2 is 2.11 bits per heavy atom. The Kier molecular flexibility index (Phi) is 4.59. The van der Waals surface area contributed by atoms with Crippen molar-refractivity contribution in [3.63, 3.8) is 0 Å². The van der Waals surface area contributed by atoms with E-state index in [4.69, 9.17) is 27.5 Å². The highest BCUT2D eigenvalue weighted by Crippen LogP contribution is 2.44. The average Bonchev–Trinajstić information content (AvgIpc) is 3.51. The van der Waals surface area contributed by atoms with E-state index >= 15 is 0 Å². The molecule has 27 heavy (non-hydrogen) atoms. The number of carbonyl (C=O) groups excluding carboxylic acids is 1. The Labute approximate surface area is 163 Å². The van der Waals surface area contributed by atoms with Crippen molar-refractivity contribution in [2.24, 2.45) is 0 Å². The number of terminal acetylenes is 1. The zero-order valence-corrected chi connectivity index (χ0v) is 15.6. The Hall–Kier alpha value is -2.84. The maximum atomic E-state index is 13.1. The van der Waals surface area contributed by atoms with Crippen LogP contribution in [-0.2, 0) is 0 Å². The third-order valence-corrected chi connectivity index (χ3v) is 5.05. The predicted molar refractivity (Wildman–Crippen MR) is 104 cm³/mol. The number of halogens is 1. The van der Waals surface area contributed by atoms with Gasteiger partial charge in [0.25, 0.3) is 5.91 Å². The molecule has 2 aliphatic rings. The van der Waals surface area contributed by atoms with E-state index in [1.54, 1.807) is 13.2 Å². The number of benzene rings is 2. The third kappa shape index (κ3) is 3.17. The number of para-hydroxylation sites is 1. The number of methoxy groups -OCH3 is 1. The predicted octanol–water partition coefficient (Wildman–Crippen LogP) is 4.09. The number of hydrogen-bond acceptors (Lipinski definition) is 4. The Bertz CT molecular complexity index is 934. The van der Waals surface area contributed by atoms with E-state index in [2.05, 4.69) is 11.2 Å². The summed E-state index contributed by atoms with van der Waals surface area (Å²) in [5, 5.41) is 3.87. The van der Waals surface area contributed by atoms with Gasteiger partial charge in [0.15, 0.2) is 11.5 Å². The summed E-state index contributed by atoms with van der Waals surface area (Å²) < 4.78 is 11.0. The van der Waals surface area contributed by atoms with Crippen molar-refractivity contribution in [2.45, 2.75) is 25.0 Å². The summed E-state index contributed by atoms with van der Waals surface area (Å²) in [5.74, 6) is 3.33. The molecule has 1 heterocycles. The van der Waals surface area contributed by atoms with Crippen LogP contribution in [-0.4, -0.2) is 30.6 Å². The van der Waals surface area contributed by atoms with Gasteiger partial charge in [0, 0.05) is 17.3 Å². The van der Waals surface area contributed by atoms with Gasteiger partial charge in [-0.25, -0.2) is 0 Å². The molecule has 1 aliphatic carbocycles. The van der Waals surface area contributed by atoms with Gasteiger partial charge in [-0.2, -0.15) is 0 Å². The summed E-state index contributed by atoms with van der Waals surface area (Å²) in [6.07, 6.45) is 6.95. The van der Waals surface area contributed by atoms with E-state index < -0.39 is 0 Å². The fourth-order valence-corrected chi connectivity index (χ4v) is 3.67. The number of nitrogens with one attached hydrogen (secondary N) is 1. The number of nitrogens with zero attached hydrogens (tertiary/aromatic N) is 1. The van der Waals surface area contributed by atoms with Gasteiger partial charge in [0.05, 0.1) is 17.7 Å². The van der Waals surface area contributed by atoms with Crippen LogP contribution in [0, 0.1) is 12.3 Å². The van der Waals surface area contributed by atoms with Crippen LogP contribution >= 0.6 is 11.6 Å². The van der Waals surface area contributed by atoms with Gasteiger partial charge in [0.2, 0.25) is 0 Å². The monoisotopic (exact) mass is 382 g/mol. The first kappa shape index (κ1) is 17.6. The van der Waals surface area contributed by atoms with Crippen molar-refractivity contribution >= 4 is 23.2 Å². The number of carbonyl (C=O) groups is 1. The molecule has 1 amide bonds. The van der Waals surface area contributed by atoms with Crippen LogP contribution in [0.5, 0.6) is 11.5 Å². The van der Waals surface area contributed by atoms with Crippen LogP contribution in [0.4, 0.5) is 5.69 Å². The first-order chi connectivity index (χ1) is 13.1. The average molecular weight is 383 g/mol. The highest BCUT2D eigenvalue weighted by atomic mass is 35.5. The molecule has 0 unspecified atom stereocenters. The lowest BCUT2D eigenvalue weighted by molar-refractivity contribution is 0.0666. The van der Waals surface area contributed by atoms with E-state index in [9.17, 15) is 4.79 Å². The Balaban J connectivity index is 1.76. The van der Waals surface area contributed by atoms with E-state index in [1.807, 2.05) is 35.2 Å². The number of rotatable bonds is 5. The largest absolute Gasteiger partial charge is 0.493 e. The van der Waals surface area contributed by atoms with Crippen molar-refractivity contribution in [3.8, 4) is 23.8 Å². The number of hydrogen-bond donors (Lipinski definition) is 1. The maximum Gasteiger partial charge on any atom is 0.258 e. The quantitative estimate of drug-likeness (QED) is 0.791. The minimum atomic E-state index is -0.326. The van der Waals surface area contributed by atoms with Crippen molar-refractivity contribution < 1.29 is 14.3 Å². The topological polar surface area (TPSA) is 50.8 Å². The van der Waals surface area contributed by atoms with Gasteiger partial charge in [-0.3, -0.25) is 4.79 Å². The van der Waals surface area contributed by atoms with Gasteiger partial charge in [-0.1, -0.05) is 29.7 Å². The molecule has 6 heteroatoms. The van der Waals surface area contributed by atoms with Crippen LogP contribution in [0.2, 0.25) is 5.02 Å². The van der Waals surface area contributed by atoms with Crippen LogP contribution in [0.25, 0.3) is 0 Å². The zero-order valence-electron chi connectivity index (χ0n) is 14.9. The lowest BCUT2D eigenvalue weighted by atomic mass is 10.0. The van der Waals surface area contributed by atoms with Gasteiger partial charge in [-0.05, 0) is 37.1 Å². The van der Waals surface area contributed by atoms with Crippen molar-refractivity contribution in [1.82, 2.24) is 4.90 Å². The lowest BCUT2D eigenvalue weighted by Gasteiger charge is -2.38. The van der Waals surface area contributed by atoms with Crippen LogP contribution in [0.1, 0.15) is 34.9 Å². The van der Waals surface area contributed by atoms with Crippen molar-refractivity contribution in [3.05, 3.63) is 52.5 Å². The molecule has 1 aliphatic heterocycles. The smallest absolute Gasteiger partial charge is 0.258 e. The van der Waals surface area contributed by atoms with Gasteiger partial charge < -0.3 is 19.7 Å². The standard InChI is InChI=1S/C21H19ClN2O3/c1-3-10-27-19-16(22)11-13(12-18(19)26-2)20-23-17-7-5-4-6-15(17)21(25)24(20)14-8-9-14/h1,4-7,11-12,14,20,23H,8-10H2,2H3/t20-/m0/s1. The van der Waals surface area contributed by atoms with Gasteiger partial charge >= 0.3 is 0 Å². The summed E-state index contributed by atoms with van der Waals surface area (Å²) in [6.45, 7) is 0.0944. The molecule has 2 aromatic rings. The SMILES string of the molecule is C#CCOc1c(Cl)cc([C@H]2Nc3ccccc3C(=O)N2C2CC2)cc1OC. The van der Waals surface area contributed by atoms with Crippen LogP contribution in [0.3, 0.4) is 0 Å². The summed E-state index contributed by atoms with van der Waals surface area (Å²) >= 11 is 6.44. The number of amides is 1. The lowest BCUT2D eigenvalue weighted by Crippen LogP contribution is -2.44. The molecule has 0 saturated heterocycles. The molecular weight excluding hydrogens is 364 g/mol. The zero-order chi connectivity index (χ0) is 19.0. The first-order valence-electron chi connectivity index (χ1n) is 8.76. The fourth-order valence-electron chi connectivity index (χ4n) is 3.39. The molecule has 0 spiro atoms. The van der Waals surface area contributed by atoms with Crippen LogP contribution in [0.15, 0.2) is 36.4 Å². The molecule has 4 rings (SSSR count). The molecule has 5 nitrogen and oxygen atoms in total. The molecule has 0 bridgehead atoms. The molecule has 138 valence electrons. The summed E-state index contributed by atoms with van der Waals surface area (Å²) in [7, 11) is 1.55.